The van der Waals surface area contributed by atoms with Crippen molar-refractivity contribution in [3.63, 3.8) is 0 Å². The Labute approximate surface area is 135 Å². The summed E-state index contributed by atoms with van der Waals surface area (Å²) in [5, 5.41) is 2.89. The van der Waals surface area contributed by atoms with E-state index in [4.69, 9.17) is 4.74 Å². The Balaban J connectivity index is 2.05. The Morgan fingerprint density at radius 3 is 2.83 bits per heavy atom. The fourth-order valence-corrected chi connectivity index (χ4v) is 2.48. The van der Waals surface area contributed by atoms with Crippen LogP contribution in [-0.4, -0.2) is 35.1 Å². The maximum absolute atomic E-state index is 11.6. The molecule has 124 valence electrons. The number of hydrogen-bond donors (Lipinski definition) is 1. The van der Waals surface area contributed by atoms with Gasteiger partial charge in [0.05, 0.1) is 18.1 Å². The average molecular weight is 317 g/mol. The number of carbonyl (C=O) groups excluding carboxylic acids is 2. The van der Waals surface area contributed by atoms with Gasteiger partial charge in [-0.2, -0.15) is 0 Å². The Bertz CT molecular complexity index is 679. The van der Waals surface area contributed by atoms with E-state index in [9.17, 15) is 9.59 Å². The summed E-state index contributed by atoms with van der Waals surface area (Å²) in [5.41, 5.74) is 1.78. The molecule has 0 radical (unpaired) electrons. The molecule has 2 rings (SSSR count). The largest absolute Gasteiger partial charge is 0.468 e. The van der Waals surface area contributed by atoms with Crippen molar-refractivity contribution in [1.29, 1.82) is 0 Å². The fourth-order valence-electron chi connectivity index (χ4n) is 2.48. The maximum atomic E-state index is 11.6. The lowest BCUT2D eigenvalue weighted by molar-refractivity contribution is -0.141. The van der Waals surface area contributed by atoms with Gasteiger partial charge in [0.15, 0.2) is 0 Å². The molecule has 6 heteroatoms. The molecule has 0 atom stereocenters. The molecule has 1 heterocycles. The van der Waals surface area contributed by atoms with Crippen LogP contribution in [0, 0.1) is 0 Å². The first-order valence-corrected chi connectivity index (χ1v) is 7.93. The summed E-state index contributed by atoms with van der Waals surface area (Å²) in [6.45, 7) is 2.74. The molecule has 0 aliphatic carbocycles. The van der Waals surface area contributed by atoms with Crippen molar-refractivity contribution in [3.8, 4) is 0 Å². The molecule has 0 bridgehead atoms. The van der Waals surface area contributed by atoms with Gasteiger partial charge in [0.25, 0.3) is 0 Å². The molecular formula is C17H23N3O3. The number of esters is 1. The zero-order chi connectivity index (χ0) is 16.7. The number of rotatable bonds is 8. The standard InChI is InChI=1S/C17H23N3O3/c1-3-7-16(21)18-11-6-10-15-19-13-8-4-5-9-14(13)20(15)12-17(22)23-2/h4-5,8-9H,3,6-7,10-12H2,1-2H3,(H,18,21). The first kappa shape index (κ1) is 17.0. The Hall–Kier alpha value is -2.37. The minimum Gasteiger partial charge on any atom is -0.468 e. The highest BCUT2D eigenvalue weighted by Crippen LogP contribution is 2.17. The highest BCUT2D eigenvalue weighted by atomic mass is 16.5. The van der Waals surface area contributed by atoms with E-state index in [-0.39, 0.29) is 18.4 Å². The molecule has 0 aliphatic rings. The van der Waals surface area contributed by atoms with E-state index < -0.39 is 0 Å². The quantitative estimate of drug-likeness (QED) is 0.597. The predicted octanol–water partition coefficient (Wildman–Crippen LogP) is 2.06. The lowest BCUT2D eigenvalue weighted by Gasteiger charge is -2.08. The first-order valence-electron chi connectivity index (χ1n) is 7.93. The second-order valence-corrected chi connectivity index (χ2v) is 5.38. The Kier molecular flexibility index (Phi) is 6.14. The zero-order valence-electron chi connectivity index (χ0n) is 13.7. The van der Waals surface area contributed by atoms with E-state index in [0.717, 1.165) is 29.7 Å². The molecule has 0 spiro atoms. The third-order valence-corrected chi connectivity index (χ3v) is 3.62. The van der Waals surface area contributed by atoms with Crippen molar-refractivity contribution >= 4 is 22.9 Å². The second-order valence-electron chi connectivity index (χ2n) is 5.38. The summed E-state index contributed by atoms with van der Waals surface area (Å²) < 4.78 is 6.65. The van der Waals surface area contributed by atoms with Crippen molar-refractivity contribution in [2.24, 2.45) is 0 Å². The van der Waals surface area contributed by atoms with E-state index in [1.54, 1.807) is 0 Å². The Morgan fingerprint density at radius 2 is 2.09 bits per heavy atom. The topological polar surface area (TPSA) is 73.2 Å². The van der Waals surface area contributed by atoms with Crippen LogP contribution in [-0.2, 0) is 27.3 Å². The van der Waals surface area contributed by atoms with E-state index in [1.165, 1.54) is 7.11 Å². The number of nitrogens with one attached hydrogen (secondary N) is 1. The number of imidazole rings is 1. The number of aryl methyl sites for hydroxylation is 1. The summed E-state index contributed by atoms with van der Waals surface area (Å²) in [6, 6.07) is 7.71. The van der Waals surface area contributed by atoms with Crippen LogP contribution in [0.15, 0.2) is 24.3 Å². The molecule has 0 unspecified atom stereocenters. The van der Waals surface area contributed by atoms with Crippen LogP contribution in [0.1, 0.15) is 32.0 Å². The molecule has 6 nitrogen and oxygen atoms in total. The number of fused-ring (bicyclic) bond motifs is 1. The highest BCUT2D eigenvalue weighted by molar-refractivity contribution is 5.79. The van der Waals surface area contributed by atoms with Gasteiger partial charge in [0.1, 0.15) is 12.4 Å². The molecule has 0 aliphatic heterocycles. The van der Waals surface area contributed by atoms with Crippen LogP contribution < -0.4 is 5.32 Å². The Morgan fingerprint density at radius 1 is 1.30 bits per heavy atom. The SMILES string of the molecule is CCCC(=O)NCCCc1nc2ccccc2n1CC(=O)OC. The van der Waals surface area contributed by atoms with Gasteiger partial charge in [-0.3, -0.25) is 9.59 Å². The van der Waals surface area contributed by atoms with Gasteiger partial charge in [-0.25, -0.2) is 4.98 Å². The van der Waals surface area contributed by atoms with Crippen LogP contribution in [0.2, 0.25) is 0 Å². The molecule has 2 aromatic rings. The third kappa shape index (κ3) is 4.55. The third-order valence-electron chi connectivity index (χ3n) is 3.62. The zero-order valence-corrected chi connectivity index (χ0v) is 13.7. The summed E-state index contributed by atoms with van der Waals surface area (Å²) >= 11 is 0. The van der Waals surface area contributed by atoms with Crippen LogP contribution in [0.25, 0.3) is 11.0 Å². The number of nitrogens with zero attached hydrogens (tertiary/aromatic N) is 2. The van der Waals surface area contributed by atoms with Gasteiger partial charge < -0.3 is 14.6 Å². The normalized spacial score (nSPS) is 10.7. The molecule has 1 aromatic heterocycles. The number of para-hydroxylation sites is 2. The number of benzene rings is 1. The van der Waals surface area contributed by atoms with Crippen LogP contribution in [0.4, 0.5) is 0 Å². The molecule has 1 amide bonds. The smallest absolute Gasteiger partial charge is 0.325 e. The van der Waals surface area contributed by atoms with Crippen LogP contribution >= 0.6 is 0 Å². The van der Waals surface area contributed by atoms with Gasteiger partial charge >= 0.3 is 5.97 Å². The van der Waals surface area contributed by atoms with Gasteiger partial charge in [0.2, 0.25) is 5.91 Å². The van der Waals surface area contributed by atoms with E-state index in [0.29, 0.717) is 19.4 Å². The van der Waals surface area contributed by atoms with Gasteiger partial charge in [-0.1, -0.05) is 19.1 Å². The van der Waals surface area contributed by atoms with Crippen molar-refractivity contribution in [1.82, 2.24) is 14.9 Å². The van der Waals surface area contributed by atoms with Gasteiger partial charge in [0, 0.05) is 19.4 Å². The number of methoxy groups -OCH3 is 1. The van der Waals surface area contributed by atoms with Crippen molar-refractivity contribution in [2.45, 2.75) is 39.2 Å². The first-order chi connectivity index (χ1) is 11.2. The summed E-state index contributed by atoms with van der Waals surface area (Å²) in [5.74, 6) is 0.613. The van der Waals surface area contributed by atoms with E-state index in [1.807, 2.05) is 35.8 Å². The van der Waals surface area contributed by atoms with Gasteiger partial charge in [-0.05, 0) is 25.0 Å². The monoisotopic (exact) mass is 317 g/mol. The van der Waals surface area contributed by atoms with Crippen LogP contribution in [0.5, 0.6) is 0 Å². The second kappa shape index (κ2) is 8.31. The molecule has 0 fully saturated rings. The minimum absolute atomic E-state index is 0.0792. The summed E-state index contributed by atoms with van der Waals surface area (Å²) in [4.78, 5) is 27.7. The number of amides is 1. The summed E-state index contributed by atoms with van der Waals surface area (Å²) in [6.07, 6.45) is 2.87. The van der Waals surface area contributed by atoms with Crippen LogP contribution in [0.3, 0.4) is 0 Å². The number of ether oxygens (including phenoxy) is 1. The molecule has 0 saturated heterocycles. The molecular weight excluding hydrogens is 294 g/mol. The van der Waals surface area contributed by atoms with E-state index >= 15 is 0 Å². The lowest BCUT2D eigenvalue weighted by atomic mass is 10.2. The van der Waals surface area contributed by atoms with Crippen molar-refractivity contribution in [2.75, 3.05) is 13.7 Å². The van der Waals surface area contributed by atoms with E-state index in [2.05, 4.69) is 10.3 Å². The molecule has 23 heavy (non-hydrogen) atoms. The number of hydrogen-bond acceptors (Lipinski definition) is 4. The number of aromatic nitrogens is 2. The van der Waals surface area contributed by atoms with Crippen molar-refractivity contribution in [3.05, 3.63) is 30.1 Å². The number of carbonyl (C=O) groups is 2. The highest BCUT2D eigenvalue weighted by Gasteiger charge is 2.13. The summed E-state index contributed by atoms with van der Waals surface area (Å²) in [7, 11) is 1.38. The average Bonchev–Trinajstić information content (AvgIpc) is 2.89. The van der Waals surface area contributed by atoms with Gasteiger partial charge in [-0.15, -0.1) is 0 Å². The molecule has 1 N–H and O–H groups in total. The minimum atomic E-state index is -0.300. The molecule has 1 aromatic carbocycles. The fraction of sp³-hybridized carbons (Fsp3) is 0.471. The predicted molar refractivity (Wildman–Crippen MR) is 88.0 cm³/mol. The lowest BCUT2D eigenvalue weighted by Crippen LogP contribution is -2.24. The molecule has 0 saturated carbocycles. The maximum Gasteiger partial charge on any atom is 0.325 e. The van der Waals surface area contributed by atoms with Crippen molar-refractivity contribution < 1.29 is 14.3 Å².